The van der Waals surface area contributed by atoms with Crippen molar-refractivity contribution in [1.29, 1.82) is 5.41 Å². The zero-order valence-electron chi connectivity index (χ0n) is 17.0. The number of nitrogens with one attached hydrogen (secondary N) is 3. The molecular formula is C21H28ClN7. The molecule has 1 aromatic heterocycles. The highest BCUT2D eigenvalue weighted by atomic mass is 35.5. The van der Waals surface area contributed by atoms with E-state index < -0.39 is 0 Å². The van der Waals surface area contributed by atoms with Gasteiger partial charge >= 0.3 is 0 Å². The number of hydrogen-bond acceptors (Lipinski definition) is 5. The van der Waals surface area contributed by atoms with E-state index in [0.717, 1.165) is 44.8 Å². The summed E-state index contributed by atoms with van der Waals surface area (Å²) in [5.74, 6) is 1.50. The van der Waals surface area contributed by atoms with Crippen LogP contribution in [0.15, 0.2) is 30.5 Å². The van der Waals surface area contributed by atoms with Crippen LogP contribution >= 0.6 is 11.6 Å². The maximum absolute atomic E-state index is 8.79. The van der Waals surface area contributed by atoms with Gasteiger partial charge in [0.05, 0.1) is 6.04 Å². The summed E-state index contributed by atoms with van der Waals surface area (Å²) in [4.78, 5) is 13.1. The standard InChI is InChI=1S/C21H28ClN7/c1-14(2)18-13-28(21-25-9-7-19(22)27-21)10-11-29(18)20(23)26-17-5-3-4-15-12-24-8-6-16(15)17/h3-5,7,9,14,18,24H,6,8,10-13H2,1-2H3,(H2,23,26). The van der Waals surface area contributed by atoms with Crippen LogP contribution in [0.25, 0.3) is 0 Å². The summed E-state index contributed by atoms with van der Waals surface area (Å²) < 4.78 is 0. The molecule has 0 bridgehead atoms. The summed E-state index contributed by atoms with van der Waals surface area (Å²) in [6.07, 6.45) is 2.68. The van der Waals surface area contributed by atoms with E-state index >= 15 is 0 Å². The highest BCUT2D eigenvalue weighted by molar-refractivity contribution is 6.29. The molecule has 3 heterocycles. The molecule has 8 heteroatoms. The largest absolute Gasteiger partial charge is 0.337 e. The normalized spacial score (nSPS) is 19.2. The third-order valence-corrected chi connectivity index (χ3v) is 5.97. The highest BCUT2D eigenvalue weighted by Crippen LogP contribution is 2.25. The van der Waals surface area contributed by atoms with Crippen molar-refractivity contribution < 1.29 is 0 Å². The predicted octanol–water partition coefficient (Wildman–Crippen LogP) is 2.97. The van der Waals surface area contributed by atoms with Crippen molar-refractivity contribution in [3.05, 3.63) is 46.7 Å². The number of piperazine rings is 1. The van der Waals surface area contributed by atoms with Gasteiger partial charge in [0, 0.05) is 38.1 Å². The lowest BCUT2D eigenvalue weighted by Gasteiger charge is -2.44. The van der Waals surface area contributed by atoms with Crippen molar-refractivity contribution in [1.82, 2.24) is 20.2 Å². The van der Waals surface area contributed by atoms with Crippen LogP contribution in [0.4, 0.5) is 11.6 Å². The minimum absolute atomic E-state index is 0.188. The Labute approximate surface area is 177 Å². The molecule has 1 atom stereocenters. The van der Waals surface area contributed by atoms with Crippen molar-refractivity contribution >= 4 is 29.2 Å². The average Bonchev–Trinajstić information content (AvgIpc) is 2.73. The van der Waals surface area contributed by atoms with Gasteiger partial charge in [-0.05, 0) is 42.1 Å². The van der Waals surface area contributed by atoms with E-state index in [0.29, 0.717) is 23.0 Å². The molecule has 7 nitrogen and oxygen atoms in total. The second kappa shape index (κ2) is 8.55. The Morgan fingerprint density at radius 2 is 2.17 bits per heavy atom. The van der Waals surface area contributed by atoms with Crippen molar-refractivity contribution in [3.63, 3.8) is 0 Å². The quantitative estimate of drug-likeness (QED) is 0.408. The van der Waals surface area contributed by atoms with Crippen molar-refractivity contribution in [3.8, 4) is 0 Å². The van der Waals surface area contributed by atoms with Crippen molar-refractivity contribution in [2.75, 3.05) is 36.4 Å². The molecule has 154 valence electrons. The molecule has 0 spiro atoms. The fourth-order valence-electron chi connectivity index (χ4n) is 4.17. The lowest BCUT2D eigenvalue weighted by atomic mass is 9.98. The van der Waals surface area contributed by atoms with Gasteiger partial charge in [0.1, 0.15) is 5.15 Å². The van der Waals surface area contributed by atoms with E-state index in [-0.39, 0.29) is 6.04 Å². The second-order valence-electron chi connectivity index (χ2n) is 7.97. The van der Waals surface area contributed by atoms with Crippen molar-refractivity contribution in [2.45, 2.75) is 32.9 Å². The Bertz CT molecular complexity index is 885. The molecule has 2 aromatic rings. The number of halogens is 1. The zero-order chi connectivity index (χ0) is 20.4. The molecule has 29 heavy (non-hydrogen) atoms. The molecule has 0 saturated carbocycles. The van der Waals surface area contributed by atoms with Gasteiger partial charge in [0.15, 0.2) is 5.96 Å². The number of aromatic nitrogens is 2. The SMILES string of the molecule is CC(C)C1CN(c2nccc(Cl)n2)CCN1C(=N)Nc1cccc2c1CCNC2. The van der Waals surface area contributed by atoms with Crippen LogP contribution in [0.1, 0.15) is 25.0 Å². The Morgan fingerprint density at radius 1 is 1.31 bits per heavy atom. The summed E-state index contributed by atoms with van der Waals surface area (Å²) in [5, 5.41) is 16.1. The van der Waals surface area contributed by atoms with Gasteiger partial charge in [0.2, 0.25) is 5.95 Å². The van der Waals surface area contributed by atoms with Gasteiger partial charge in [-0.15, -0.1) is 0 Å². The number of fused-ring (bicyclic) bond motifs is 1. The van der Waals surface area contributed by atoms with E-state index in [1.807, 2.05) is 0 Å². The molecule has 2 aliphatic rings. The summed E-state index contributed by atoms with van der Waals surface area (Å²) >= 11 is 6.05. The first-order valence-electron chi connectivity index (χ1n) is 10.2. The highest BCUT2D eigenvalue weighted by Gasteiger charge is 2.32. The first-order chi connectivity index (χ1) is 14.0. The molecule has 4 rings (SSSR count). The second-order valence-corrected chi connectivity index (χ2v) is 8.36. The molecule has 1 unspecified atom stereocenters. The number of anilines is 2. The number of hydrogen-bond donors (Lipinski definition) is 3. The van der Waals surface area contributed by atoms with Crippen LogP contribution in [0.2, 0.25) is 5.15 Å². The average molecular weight is 414 g/mol. The van der Waals surface area contributed by atoms with Gasteiger partial charge in [-0.25, -0.2) is 9.97 Å². The van der Waals surface area contributed by atoms with Crippen LogP contribution < -0.4 is 15.5 Å². The molecular weight excluding hydrogens is 386 g/mol. The summed E-state index contributed by atoms with van der Waals surface area (Å²) in [6.45, 7) is 8.52. The molecule has 1 saturated heterocycles. The minimum atomic E-state index is 0.188. The zero-order valence-corrected chi connectivity index (χ0v) is 17.7. The van der Waals surface area contributed by atoms with Crippen molar-refractivity contribution in [2.24, 2.45) is 5.92 Å². The van der Waals surface area contributed by atoms with Crippen LogP contribution in [-0.2, 0) is 13.0 Å². The number of nitrogens with zero attached hydrogens (tertiary/aromatic N) is 4. The summed E-state index contributed by atoms with van der Waals surface area (Å²) in [5.41, 5.74) is 3.69. The van der Waals surface area contributed by atoms with Gasteiger partial charge in [-0.1, -0.05) is 37.6 Å². The first-order valence-corrected chi connectivity index (χ1v) is 10.6. The molecule has 1 fully saturated rings. The van der Waals surface area contributed by atoms with E-state index in [4.69, 9.17) is 17.0 Å². The molecule has 0 aliphatic carbocycles. The van der Waals surface area contributed by atoms with Gasteiger partial charge in [-0.3, -0.25) is 5.41 Å². The molecule has 0 amide bonds. The maximum Gasteiger partial charge on any atom is 0.226 e. The van der Waals surface area contributed by atoms with Gasteiger partial charge < -0.3 is 20.4 Å². The number of benzene rings is 1. The van der Waals surface area contributed by atoms with E-state index in [9.17, 15) is 0 Å². The Morgan fingerprint density at radius 3 is 2.97 bits per heavy atom. The summed E-state index contributed by atoms with van der Waals surface area (Å²) in [6, 6.07) is 8.19. The van der Waals surface area contributed by atoms with Crippen LogP contribution in [0.3, 0.4) is 0 Å². The first kappa shape index (κ1) is 19.9. The van der Waals surface area contributed by atoms with Crippen LogP contribution in [0.5, 0.6) is 0 Å². The minimum Gasteiger partial charge on any atom is -0.337 e. The Kier molecular flexibility index (Phi) is 5.87. The fraction of sp³-hybridized carbons (Fsp3) is 0.476. The van der Waals surface area contributed by atoms with E-state index in [1.54, 1.807) is 12.3 Å². The molecule has 3 N–H and O–H groups in total. The van der Waals surface area contributed by atoms with Gasteiger partial charge in [-0.2, -0.15) is 0 Å². The van der Waals surface area contributed by atoms with E-state index in [1.165, 1.54) is 11.1 Å². The topological polar surface area (TPSA) is 80.2 Å². The lowest BCUT2D eigenvalue weighted by Crippen LogP contribution is -2.58. The third-order valence-electron chi connectivity index (χ3n) is 5.76. The molecule has 1 aromatic carbocycles. The molecule has 2 aliphatic heterocycles. The summed E-state index contributed by atoms with van der Waals surface area (Å²) in [7, 11) is 0. The maximum atomic E-state index is 8.79. The Hall–Kier alpha value is -2.38. The lowest BCUT2D eigenvalue weighted by molar-refractivity contribution is 0.222. The van der Waals surface area contributed by atoms with E-state index in [2.05, 4.69) is 62.4 Å². The smallest absolute Gasteiger partial charge is 0.226 e. The monoisotopic (exact) mass is 413 g/mol. The van der Waals surface area contributed by atoms with Gasteiger partial charge in [0.25, 0.3) is 0 Å². The predicted molar refractivity (Wildman–Crippen MR) is 118 cm³/mol. The number of rotatable bonds is 3. The van der Waals surface area contributed by atoms with Crippen LogP contribution in [-0.4, -0.2) is 53.0 Å². The number of guanidine groups is 1. The van der Waals surface area contributed by atoms with Crippen LogP contribution in [0, 0.1) is 11.3 Å². The molecule has 0 radical (unpaired) electrons. The fourth-order valence-corrected chi connectivity index (χ4v) is 4.30. The Balaban J connectivity index is 1.50. The third kappa shape index (κ3) is 4.31.